The highest BCUT2D eigenvalue weighted by molar-refractivity contribution is 5.84. The predicted molar refractivity (Wildman–Crippen MR) is 53.3 cm³/mol. The molecule has 0 aliphatic carbocycles. The number of pyridine rings is 1. The average Bonchev–Trinajstić information content (AvgIpc) is 2.25. The molecule has 5 heteroatoms. The molecule has 1 aromatic heterocycles. The zero-order chi connectivity index (χ0) is 11.6. The van der Waals surface area contributed by atoms with Crippen molar-refractivity contribution < 1.29 is 17.9 Å². The van der Waals surface area contributed by atoms with Crippen molar-refractivity contribution in [2.45, 2.75) is 6.18 Å². The average molecular weight is 227 g/mol. The van der Waals surface area contributed by atoms with Gasteiger partial charge in [-0.1, -0.05) is 12.1 Å². The number of nitrogens with zero attached hydrogens (tertiary/aromatic N) is 1. The van der Waals surface area contributed by atoms with Gasteiger partial charge in [0.05, 0.1) is 5.52 Å². The lowest BCUT2D eigenvalue weighted by atomic mass is 10.2. The van der Waals surface area contributed by atoms with E-state index in [-0.39, 0.29) is 5.75 Å². The molecular weight excluding hydrogens is 219 g/mol. The topological polar surface area (TPSA) is 22.1 Å². The Bertz CT molecular complexity index is 491. The van der Waals surface area contributed by atoms with Gasteiger partial charge in [-0.15, -0.1) is 0 Å². The van der Waals surface area contributed by atoms with Gasteiger partial charge in [-0.3, -0.25) is 4.98 Å². The minimum absolute atomic E-state index is 0.197. The predicted octanol–water partition coefficient (Wildman–Crippen LogP) is 3.18. The monoisotopic (exact) mass is 227 g/mol. The van der Waals surface area contributed by atoms with Crippen LogP contribution in [0.2, 0.25) is 0 Å². The minimum Gasteiger partial charge on any atom is -0.483 e. The first-order valence-corrected chi connectivity index (χ1v) is 4.59. The lowest BCUT2D eigenvalue weighted by Gasteiger charge is -2.10. The van der Waals surface area contributed by atoms with Crippen LogP contribution in [-0.4, -0.2) is 17.8 Å². The highest BCUT2D eigenvalue weighted by Crippen LogP contribution is 2.25. The second-order valence-electron chi connectivity index (χ2n) is 3.23. The first-order valence-electron chi connectivity index (χ1n) is 4.59. The zero-order valence-corrected chi connectivity index (χ0v) is 8.16. The summed E-state index contributed by atoms with van der Waals surface area (Å²) in [4.78, 5) is 4.03. The van der Waals surface area contributed by atoms with Crippen LogP contribution >= 0.6 is 0 Å². The second kappa shape index (κ2) is 4.00. The number of fused-ring (bicyclic) bond motifs is 1. The van der Waals surface area contributed by atoms with E-state index in [0.29, 0.717) is 10.9 Å². The van der Waals surface area contributed by atoms with Crippen LogP contribution < -0.4 is 4.74 Å². The van der Waals surface area contributed by atoms with Crippen LogP contribution in [0, 0.1) is 0 Å². The standard InChI is InChI=1S/C11H8F3NO/c12-11(13,14)7-16-10-5-6-15-9-4-2-1-3-8(9)10/h1-6H,7H2. The Hall–Kier alpha value is -1.78. The van der Waals surface area contributed by atoms with Crippen molar-refractivity contribution in [3.8, 4) is 5.75 Å². The molecule has 0 saturated carbocycles. The highest BCUT2D eigenvalue weighted by atomic mass is 19.4. The summed E-state index contributed by atoms with van der Waals surface area (Å²) in [5, 5.41) is 0.578. The molecular formula is C11H8F3NO. The molecule has 0 bridgehead atoms. The molecule has 0 N–H and O–H groups in total. The van der Waals surface area contributed by atoms with Crippen LogP contribution in [0.15, 0.2) is 36.5 Å². The third-order valence-corrected chi connectivity index (χ3v) is 2.00. The summed E-state index contributed by atoms with van der Waals surface area (Å²) in [5.74, 6) is 0.197. The first-order chi connectivity index (χ1) is 7.56. The van der Waals surface area contributed by atoms with Crippen molar-refractivity contribution in [2.75, 3.05) is 6.61 Å². The number of alkyl halides is 3. The molecule has 1 heterocycles. The van der Waals surface area contributed by atoms with Crippen LogP contribution in [-0.2, 0) is 0 Å². The molecule has 0 saturated heterocycles. The molecule has 0 unspecified atom stereocenters. The van der Waals surface area contributed by atoms with Gasteiger partial charge in [0.2, 0.25) is 0 Å². The van der Waals surface area contributed by atoms with E-state index in [0.717, 1.165) is 0 Å². The Kier molecular flexibility index (Phi) is 2.68. The molecule has 0 spiro atoms. The molecule has 2 nitrogen and oxygen atoms in total. The van der Waals surface area contributed by atoms with Crippen molar-refractivity contribution in [2.24, 2.45) is 0 Å². The summed E-state index contributed by atoms with van der Waals surface area (Å²) in [7, 11) is 0. The summed E-state index contributed by atoms with van der Waals surface area (Å²) in [6.07, 6.45) is -2.90. The van der Waals surface area contributed by atoms with E-state index in [2.05, 4.69) is 4.98 Å². The smallest absolute Gasteiger partial charge is 0.422 e. The minimum atomic E-state index is -4.33. The van der Waals surface area contributed by atoms with Crippen molar-refractivity contribution >= 4 is 10.9 Å². The lowest BCUT2D eigenvalue weighted by Crippen LogP contribution is -2.19. The fraction of sp³-hybridized carbons (Fsp3) is 0.182. The van der Waals surface area contributed by atoms with Gasteiger partial charge in [0.25, 0.3) is 0 Å². The first kappa shape index (κ1) is 10.7. The highest BCUT2D eigenvalue weighted by Gasteiger charge is 2.28. The third kappa shape index (κ3) is 2.42. The van der Waals surface area contributed by atoms with Gasteiger partial charge in [0.1, 0.15) is 5.75 Å². The Labute approximate surface area is 89.7 Å². The lowest BCUT2D eigenvalue weighted by molar-refractivity contribution is -0.153. The van der Waals surface area contributed by atoms with Crippen molar-refractivity contribution in [1.82, 2.24) is 4.98 Å². The van der Waals surface area contributed by atoms with Crippen molar-refractivity contribution in [3.05, 3.63) is 36.5 Å². The van der Waals surface area contributed by atoms with Gasteiger partial charge in [-0.25, -0.2) is 0 Å². The Morgan fingerprint density at radius 3 is 2.62 bits per heavy atom. The molecule has 0 aliphatic heterocycles. The number of aromatic nitrogens is 1. The third-order valence-electron chi connectivity index (χ3n) is 2.00. The fourth-order valence-corrected chi connectivity index (χ4v) is 1.36. The van der Waals surface area contributed by atoms with E-state index in [1.165, 1.54) is 12.3 Å². The van der Waals surface area contributed by atoms with E-state index < -0.39 is 12.8 Å². The largest absolute Gasteiger partial charge is 0.483 e. The van der Waals surface area contributed by atoms with Crippen molar-refractivity contribution in [3.63, 3.8) is 0 Å². The summed E-state index contributed by atoms with van der Waals surface area (Å²) in [6, 6.07) is 8.31. The molecule has 2 aromatic rings. The number of rotatable bonds is 2. The zero-order valence-electron chi connectivity index (χ0n) is 8.16. The Balaban J connectivity index is 2.30. The Morgan fingerprint density at radius 1 is 1.12 bits per heavy atom. The van der Waals surface area contributed by atoms with E-state index in [4.69, 9.17) is 4.74 Å². The van der Waals surface area contributed by atoms with Crippen molar-refractivity contribution in [1.29, 1.82) is 0 Å². The fourth-order valence-electron chi connectivity index (χ4n) is 1.36. The summed E-state index contributed by atoms with van der Waals surface area (Å²) >= 11 is 0. The van der Waals surface area contributed by atoms with E-state index in [9.17, 15) is 13.2 Å². The van der Waals surface area contributed by atoms with Gasteiger partial charge in [-0.2, -0.15) is 13.2 Å². The van der Waals surface area contributed by atoms with Gasteiger partial charge in [0, 0.05) is 11.6 Å². The van der Waals surface area contributed by atoms with Crippen LogP contribution in [0.25, 0.3) is 10.9 Å². The summed E-state index contributed by atoms with van der Waals surface area (Å²) in [6.45, 7) is -1.29. The summed E-state index contributed by atoms with van der Waals surface area (Å²) in [5.41, 5.74) is 0.613. The number of hydrogen-bond donors (Lipinski definition) is 0. The molecule has 0 fully saturated rings. The molecule has 0 radical (unpaired) electrons. The molecule has 0 atom stereocenters. The second-order valence-corrected chi connectivity index (χ2v) is 3.23. The maximum atomic E-state index is 12.0. The molecule has 0 aliphatic rings. The van der Waals surface area contributed by atoms with E-state index >= 15 is 0 Å². The molecule has 0 amide bonds. The van der Waals surface area contributed by atoms with Gasteiger partial charge >= 0.3 is 6.18 Å². The quantitative estimate of drug-likeness (QED) is 0.786. The SMILES string of the molecule is FC(F)(F)COc1ccnc2ccccc12. The normalized spacial score (nSPS) is 11.7. The van der Waals surface area contributed by atoms with Crippen LogP contribution in [0.1, 0.15) is 0 Å². The molecule has 1 aromatic carbocycles. The molecule has 84 valence electrons. The van der Waals surface area contributed by atoms with Gasteiger partial charge in [-0.05, 0) is 18.2 Å². The van der Waals surface area contributed by atoms with E-state index in [1.807, 2.05) is 0 Å². The Morgan fingerprint density at radius 2 is 1.88 bits per heavy atom. The maximum Gasteiger partial charge on any atom is 0.422 e. The number of halogens is 3. The number of ether oxygens (including phenoxy) is 1. The maximum absolute atomic E-state index is 12.0. The molecule has 16 heavy (non-hydrogen) atoms. The van der Waals surface area contributed by atoms with Crippen LogP contribution in [0.5, 0.6) is 5.75 Å². The summed E-state index contributed by atoms with van der Waals surface area (Å²) < 4.78 is 40.7. The molecule has 2 rings (SSSR count). The van der Waals surface area contributed by atoms with Gasteiger partial charge < -0.3 is 4.74 Å². The van der Waals surface area contributed by atoms with Gasteiger partial charge in [0.15, 0.2) is 6.61 Å². The number of hydrogen-bond acceptors (Lipinski definition) is 2. The van der Waals surface area contributed by atoms with E-state index in [1.54, 1.807) is 24.3 Å². The number of benzene rings is 1. The van der Waals surface area contributed by atoms with Crippen LogP contribution in [0.4, 0.5) is 13.2 Å². The number of para-hydroxylation sites is 1. The van der Waals surface area contributed by atoms with Crippen LogP contribution in [0.3, 0.4) is 0 Å².